The molecule has 1 atom stereocenters. The molecule has 0 spiro atoms. The van der Waals surface area contributed by atoms with Gasteiger partial charge in [-0.15, -0.1) is 0 Å². The van der Waals surface area contributed by atoms with Gasteiger partial charge in [0.05, 0.1) is 13.2 Å². The van der Waals surface area contributed by atoms with E-state index in [0.717, 1.165) is 32.2 Å². The second kappa shape index (κ2) is 7.34. The van der Waals surface area contributed by atoms with E-state index in [4.69, 9.17) is 4.74 Å². The summed E-state index contributed by atoms with van der Waals surface area (Å²) in [6.45, 7) is 14.9. The van der Waals surface area contributed by atoms with Gasteiger partial charge in [-0.2, -0.15) is 0 Å². The van der Waals surface area contributed by atoms with Gasteiger partial charge >= 0.3 is 0 Å². The Kier molecular flexibility index (Phi) is 7.29. The first-order valence-electron chi connectivity index (χ1n) is 5.53. The van der Waals surface area contributed by atoms with E-state index in [1.807, 2.05) is 13.8 Å². The van der Waals surface area contributed by atoms with E-state index >= 15 is 0 Å². The predicted molar refractivity (Wildman–Crippen MR) is 58.0 cm³/mol. The van der Waals surface area contributed by atoms with Gasteiger partial charge in [0.2, 0.25) is 0 Å². The number of hydrogen-bond donors (Lipinski definition) is 0. The smallest absolute Gasteiger partial charge is 0.0594 e. The Balaban J connectivity index is 0.000000671. The first-order valence-corrected chi connectivity index (χ1v) is 5.53. The molecule has 0 aromatic rings. The van der Waals surface area contributed by atoms with E-state index in [0.29, 0.717) is 6.04 Å². The van der Waals surface area contributed by atoms with Crippen molar-refractivity contribution in [3.05, 3.63) is 0 Å². The summed E-state index contributed by atoms with van der Waals surface area (Å²) in [5.41, 5.74) is 0. The minimum atomic E-state index is 0.707. The molecular formula is C11H25NO. The van der Waals surface area contributed by atoms with Crippen LogP contribution in [0.15, 0.2) is 0 Å². The third kappa shape index (κ3) is 4.63. The number of morpholine rings is 1. The van der Waals surface area contributed by atoms with Crippen molar-refractivity contribution in [1.29, 1.82) is 0 Å². The molecule has 0 bridgehead atoms. The van der Waals surface area contributed by atoms with Gasteiger partial charge in [0.15, 0.2) is 0 Å². The fraction of sp³-hybridized carbons (Fsp3) is 1.00. The first kappa shape index (κ1) is 12.9. The maximum atomic E-state index is 5.29. The van der Waals surface area contributed by atoms with Crippen LogP contribution >= 0.6 is 0 Å². The molecule has 1 fully saturated rings. The van der Waals surface area contributed by atoms with Crippen molar-refractivity contribution in [2.75, 3.05) is 26.3 Å². The van der Waals surface area contributed by atoms with Crippen LogP contribution < -0.4 is 0 Å². The molecule has 0 radical (unpaired) electrons. The highest BCUT2D eigenvalue weighted by atomic mass is 16.5. The van der Waals surface area contributed by atoms with Gasteiger partial charge in [0, 0.05) is 19.1 Å². The monoisotopic (exact) mass is 187 g/mol. The van der Waals surface area contributed by atoms with Crippen molar-refractivity contribution < 1.29 is 4.74 Å². The molecule has 0 aromatic carbocycles. The first-order chi connectivity index (χ1) is 6.22. The lowest BCUT2D eigenvalue weighted by Gasteiger charge is -2.34. The summed E-state index contributed by atoms with van der Waals surface area (Å²) >= 11 is 0. The van der Waals surface area contributed by atoms with Gasteiger partial charge in [-0.05, 0) is 12.8 Å². The summed E-state index contributed by atoms with van der Waals surface area (Å²) in [7, 11) is 0. The van der Waals surface area contributed by atoms with Crippen LogP contribution in [0.4, 0.5) is 0 Å². The quantitative estimate of drug-likeness (QED) is 0.658. The molecule has 2 nitrogen and oxygen atoms in total. The van der Waals surface area contributed by atoms with Gasteiger partial charge in [-0.1, -0.05) is 27.7 Å². The third-order valence-corrected chi connectivity index (χ3v) is 2.59. The molecule has 0 aliphatic carbocycles. The fourth-order valence-electron chi connectivity index (χ4n) is 1.41. The number of rotatable bonds is 2. The van der Waals surface area contributed by atoms with Crippen LogP contribution in [-0.2, 0) is 4.74 Å². The average Bonchev–Trinajstić information content (AvgIpc) is 2.21. The molecule has 0 aromatic heterocycles. The van der Waals surface area contributed by atoms with Crippen LogP contribution in [-0.4, -0.2) is 37.2 Å². The molecule has 1 heterocycles. The number of ether oxygens (including phenoxy) is 1. The van der Waals surface area contributed by atoms with E-state index in [9.17, 15) is 0 Å². The lowest BCUT2D eigenvalue weighted by atomic mass is 10.0. The second-order valence-corrected chi connectivity index (χ2v) is 3.63. The molecule has 1 aliphatic heterocycles. The predicted octanol–water partition coefficient (Wildman–Crippen LogP) is 2.39. The zero-order valence-electron chi connectivity index (χ0n) is 9.84. The van der Waals surface area contributed by atoms with Gasteiger partial charge in [-0.3, -0.25) is 4.90 Å². The Morgan fingerprint density at radius 2 is 1.46 bits per heavy atom. The molecule has 2 heteroatoms. The summed E-state index contributed by atoms with van der Waals surface area (Å²) in [5, 5.41) is 0. The van der Waals surface area contributed by atoms with Crippen LogP contribution in [0.2, 0.25) is 0 Å². The van der Waals surface area contributed by atoms with Gasteiger partial charge in [0.1, 0.15) is 0 Å². The summed E-state index contributed by atoms with van der Waals surface area (Å²) in [6, 6.07) is 0.707. The minimum absolute atomic E-state index is 0.707. The van der Waals surface area contributed by atoms with Crippen molar-refractivity contribution in [2.24, 2.45) is 5.92 Å². The fourth-order valence-corrected chi connectivity index (χ4v) is 1.41. The molecule has 0 amide bonds. The molecule has 1 unspecified atom stereocenters. The van der Waals surface area contributed by atoms with Crippen molar-refractivity contribution in [2.45, 2.75) is 40.7 Å². The van der Waals surface area contributed by atoms with Crippen LogP contribution in [0.5, 0.6) is 0 Å². The van der Waals surface area contributed by atoms with Crippen LogP contribution in [0.1, 0.15) is 34.6 Å². The maximum absolute atomic E-state index is 5.29. The molecule has 0 saturated carbocycles. The summed E-state index contributed by atoms with van der Waals surface area (Å²) in [4.78, 5) is 2.51. The topological polar surface area (TPSA) is 12.5 Å². The Labute approximate surface area is 83.3 Å². The van der Waals surface area contributed by atoms with Crippen molar-refractivity contribution in [3.8, 4) is 0 Å². The van der Waals surface area contributed by atoms with E-state index in [-0.39, 0.29) is 0 Å². The molecule has 1 rings (SSSR count). The van der Waals surface area contributed by atoms with E-state index in [1.54, 1.807) is 0 Å². The lowest BCUT2D eigenvalue weighted by Crippen LogP contribution is -2.44. The lowest BCUT2D eigenvalue weighted by molar-refractivity contribution is 0.0109. The Bertz CT molecular complexity index is 109. The van der Waals surface area contributed by atoms with Gasteiger partial charge < -0.3 is 4.74 Å². The maximum Gasteiger partial charge on any atom is 0.0594 e. The summed E-state index contributed by atoms with van der Waals surface area (Å²) in [6.07, 6.45) is 0. The molecular weight excluding hydrogens is 162 g/mol. The van der Waals surface area contributed by atoms with E-state index in [2.05, 4.69) is 25.7 Å². The van der Waals surface area contributed by atoms with Crippen LogP contribution in [0.3, 0.4) is 0 Å². The second-order valence-electron chi connectivity index (χ2n) is 3.63. The summed E-state index contributed by atoms with van der Waals surface area (Å²) in [5.74, 6) is 0.757. The Morgan fingerprint density at radius 3 is 1.85 bits per heavy atom. The van der Waals surface area contributed by atoms with Crippen LogP contribution in [0.25, 0.3) is 0 Å². The largest absolute Gasteiger partial charge is 0.379 e. The minimum Gasteiger partial charge on any atom is -0.379 e. The Morgan fingerprint density at radius 1 is 1.00 bits per heavy atom. The SMILES string of the molecule is CC.CC(C)C(C)N1CCOCC1. The number of hydrogen-bond acceptors (Lipinski definition) is 2. The highest BCUT2D eigenvalue weighted by Gasteiger charge is 2.18. The Hall–Kier alpha value is -0.0800. The zero-order valence-corrected chi connectivity index (χ0v) is 9.84. The van der Waals surface area contributed by atoms with Crippen molar-refractivity contribution in [1.82, 2.24) is 4.90 Å². The highest BCUT2D eigenvalue weighted by Crippen LogP contribution is 2.11. The third-order valence-electron chi connectivity index (χ3n) is 2.59. The van der Waals surface area contributed by atoms with Crippen molar-refractivity contribution >= 4 is 0 Å². The highest BCUT2D eigenvalue weighted by molar-refractivity contribution is 4.71. The standard InChI is InChI=1S/C9H19NO.C2H6/c1-8(2)9(3)10-4-6-11-7-5-10;1-2/h8-9H,4-7H2,1-3H3;1-2H3. The summed E-state index contributed by atoms with van der Waals surface area (Å²) < 4.78 is 5.29. The van der Waals surface area contributed by atoms with Crippen LogP contribution in [0, 0.1) is 5.92 Å². The average molecular weight is 187 g/mol. The molecule has 13 heavy (non-hydrogen) atoms. The molecule has 0 N–H and O–H groups in total. The normalized spacial score (nSPS) is 20.8. The molecule has 1 aliphatic rings. The molecule has 80 valence electrons. The van der Waals surface area contributed by atoms with Crippen molar-refractivity contribution in [3.63, 3.8) is 0 Å². The molecule has 1 saturated heterocycles. The van der Waals surface area contributed by atoms with E-state index < -0.39 is 0 Å². The number of nitrogens with zero attached hydrogens (tertiary/aromatic N) is 1. The van der Waals surface area contributed by atoms with Gasteiger partial charge in [-0.25, -0.2) is 0 Å². The van der Waals surface area contributed by atoms with E-state index in [1.165, 1.54) is 0 Å². The van der Waals surface area contributed by atoms with Gasteiger partial charge in [0.25, 0.3) is 0 Å². The zero-order chi connectivity index (χ0) is 10.3.